The average molecular weight is 400 g/mol. The second-order valence-corrected chi connectivity index (χ2v) is 10.8. The van der Waals surface area contributed by atoms with Gasteiger partial charge in [0.15, 0.2) is 11.5 Å². The molecule has 2 saturated carbocycles. The zero-order valence-corrected chi connectivity index (χ0v) is 17.7. The van der Waals surface area contributed by atoms with Crippen molar-refractivity contribution >= 4 is 0 Å². The first-order chi connectivity index (χ1) is 13.8. The Bertz CT molecular complexity index is 844. The molecule has 1 aromatic carbocycles. The first kappa shape index (κ1) is 18.5. The molecule has 5 aliphatic rings. The van der Waals surface area contributed by atoms with Gasteiger partial charge in [-0.15, -0.1) is 0 Å². The molecule has 5 nitrogen and oxygen atoms in total. The zero-order chi connectivity index (χ0) is 20.1. The molecule has 0 amide bonds. The molecule has 1 aromatic rings. The van der Waals surface area contributed by atoms with E-state index in [0.29, 0.717) is 17.7 Å². The number of phenols is 1. The van der Waals surface area contributed by atoms with Crippen LogP contribution in [0.15, 0.2) is 12.1 Å². The Hall–Kier alpha value is -1.30. The molecule has 1 saturated heterocycles. The van der Waals surface area contributed by atoms with E-state index in [9.17, 15) is 10.2 Å². The van der Waals surface area contributed by atoms with Crippen molar-refractivity contribution in [2.24, 2.45) is 17.8 Å². The van der Waals surface area contributed by atoms with Crippen LogP contribution in [0.5, 0.6) is 11.5 Å². The Morgan fingerprint density at radius 1 is 1.31 bits per heavy atom. The standard InChI is InChI=1S/C24H33NO4/c1-23(2,27)16-11-15-17-10-14-6-7-18(26)21-19(14)24(15,22(29-21)20(16)28-3)8-9-25(17)12-13-4-5-13/h6-7,13,15-17,20,22,26-27H,4-5,8-12H2,1-3H3/t15?,16-,17+,20+,22?,24-/m0/s1. The summed E-state index contributed by atoms with van der Waals surface area (Å²) in [6, 6.07) is 4.41. The van der Waals surface area contributed by atoms with Gasteiger partial charge in [-0.2, -0.15) is 0 Å². The number of ether oxygens (including phenoxy) is 2. The summed E-state index contributed by atoms with van der Waals surface area (Å²) in [5.74, 6) is 2.25. The van der Waals surface area contributed by atoms with Crippen molar-refractivity contribution in [1.29, 1.82) is 0 Å². The van der Waals surface area contributed by atoms with Gasteiger partial charge in [-0.3, -0.25) is 4.90 Å². The topological polar surface area (TPSA) is 62.2 Å². The normalized spacial score (nSPS) is 40.5. The molecular formula is C24H33NO4. The fraction of sp³-hybridized carbons (Fsp3) is 0.750. The van der Waals surface area contributed by atoms with Crippen LogP contribution in [0.4, 0.5) is 0 Å². The lowest BCUT2D eigenvalue weighted by molar-refractivity contribution is -0.179. The van der Waals surface area contributed by atoms with Gasteiger partial charge >= 0.3 is 0 Å². The van der Waals surface area contributed by atoms with Gasteiger partial charge in [0.2, 0.25) is 0 Å². The van der Waals surface area contributed by atoms with Gasteiger partial charge in [0.1, 0.15) is 12.2 Å². The number of likely N-dealkylation sites (tertiary alicyclic amines) is 1. The van der Waals surface area contributed by atoms with Gasteiger partial charge in [-0.25, -0.2) is 0 Å². The maximum atomic E-state index is 11.0. The highest BCUT2D eigenvalue weighted by molar-refractivity contribution is 5.61. The van der Waals surface area contributed by atoms with Gasteiger partial charge in [0.05, 0.1) is 5.60 Å². The highest BCUT2D eigenvalue weighted by Gasteiger charge is 2.69. The molecule has 3 aliphatic carbocycles. The quantitative estimate of drug-likeness (QED) is 0.815. The molecule has 2 unspecified atom stereocenters. The number of aliphatic hydroxyl groups is 1. The molecule has 5 heteroatoms. The summed E-state index contributed by atoms with van der Waals surface area (Å²) in [7, 11) is 1.75. The summed E-state index contributed by atoms with van der Waals surface area (Å²) < 4.78 is 12.6. The van der Waals surface area contributed by atoms with E-state index in [0.717, 1.165) is 31.7 Å². The minimum absolute atomic E-state index is 0.0111. The fourth-order valence-corrected chi connectivity index (χ4v) is 7.41. The third-order valence-corrected chi connectivity index (χ3v) is 8.85. The molecule has 0 aromatic heterocycles. The minimum atomic E-state index is -0.835. The van der Waals surface area contributed by atoms with Gasteiger partial charge in [0.25, 0.3) is 0 Å². The molecule has 158 valence electrons. The number of hydrogen-bond donors (Lipinski definition) is 2. The van der Waals surface area contributed by atoms with E-state index in [-0.39, 0.29) is 29.3 Å². The predicted octanol–water partition coefficient (Wildman–Crippen LogP) is 2.85. The van der Waals surface area contributed by atoms with E-state index < -0.39 is 5.60 Å². The number of hydrogen-bond acceptors (Lipinski definition) is 5. The SMILES string of the molecule is CO[C@H]1C2Oc3c(O)ccc4c3[C@@]23CCN(CC2CC2)[C@H](C4)C3C[C@@H]1C(C)(C)O. The van der Waals surface area contributed by atoms with Crippen LogP contribution in [0.3, 0.4) is 0 Å². The maximum absolute atomic E-state index is 11.0. The van der Waals surface area contributed by atoms with Gasteiger partial charge < -0.3 is 19.7 Å². The van der Waals surface area contributed by atoms with E-state index in [2.05, 4.69) is 11.0 Å². The predicted molar refractivity (Wildman–Crippen MR) is 109 cm³/mol. The van der Waals surface area contributed by atoms with Crippen LogP contribution >= 0.6 is 0 Å². The Kier molecular flexibility index (Phi) is 3.75. The molecule has 2 heterocycles. The zero-order valence-electron chi connectivity index (χ0n) is 17.7. The summed E-state index contributed by atoms with van der Waals surface area (Å²) in [5, 5.41) is 21.7. The molecule has 2 bridgehead atoms. The summed E-state index contributed by atoms with van der Waals surface area (Å²) in [6.07, 6.45) is 5.44. The second kappa shape index (κ2) is 5.89. The van der Waals surface area contributed by atoms with Crippen LogP contribution in [0, 0.1) is 17.8 Å². The van der Waals surface area contributed by atoms with E-state index in [4.69, 9.17) is 9.47 Å². The third-order valence-electron chi connectivity index (χ3n) is 8.85. The number of nitrogens with zero attached hydrogens (tertiary/aromatic N) is 1. The summed E-state index contributed by atoms with van der Waals surface area (Å²) in [6.45, 7) is 6.13. The van der Waals surface area contributed by atoms with Crippen molar-refractivity contribution < 1.29 is 19.7 Å². The maximum Gasteiger partial charge on any atom is 0.165 e. The lowest BCUT2D eigenvalue weighted by Crippen LogP contribution is -2.70. The minimum Gasteiger partial charge on any atom is -0.504 e. The number of piperidine rings is 1. The number of benzene rings is 1. The summed E-state index contributed by atoms with van der Waals surface area (Å²) >= 11 is 0. The first-order valence-electron chi connectivity index (χ1n) is 11.4. The van der Waals surface area contributed by atoms with Gasteiger partial charge in [-0.05, 0) is 76.0 Å². The largest absolute Gasteiger partial charge is 0.504 e. The first-order valence-corrected chi connectivity index (χ1v) is 11.4. The van der Waals surface area contributed by atoms with Crippen LogP contribution in [0.25, 0.3) is 0 Å². The van der Waals surface area contributed by atoms with E-state index in [1.807, 2.05) is 13.8 Å². The molecule has 29 heavy (non-hydrogen) atoms. The highest BCUT2D eigenvalue weighted by atomic mass is 16.5. The average Bonchev–Trinajstić information content (AvgIpc) is 3.42. The van der Waals surface area contributed by atoms with Crippen molar-refractivity contribution in [2.75, 3.05) is 20.2 Å². The van der Waals surface area contributed by atoms with Crippen LogP contribution in [-0.4, -0.2) is 59.2 Å². The summed E-state index contributed by atoms with van der Waals surface area (Å²) in [5.41, 5.74) is 1.66. The van der Waals surface area contributed by atoms with E-state index in [1.54, 1.807) is 13.2 Å². The lowest BCUT2D eigenvalue weighted by Gasteiger charge is -2.62. The van der Waals surface area contributed by atoms with Crippen molar-refractivity contribution in [1.82, 2.24) is 4.90 Å². The molecule has 6 atom stereocenters. The smallest absolute Gasteiger partial charge is 0.165 e. The molecule has 6 rings (SSSR count). The molecule has 3 fully saturated rings. The Labute approximate surface area is 173 Å². The van der Waals surface area contributed by atoms with Crippen LogP contribution < -0.4 is 4.74 Å². The molecule has 2 N–H and O–H groups in total. The second-order valence-electron chi connectivity index (χ2n) is 10.8. The van der Waals surface area contributed by atoms with E-state index in [1.165, 1.54) is 30.5 Å². The van der Waals surface area contributed by atoms with Crippen molar-refractivity contribution in [2.45, 2.75) is 75.2 Å². The Morgan fingerprint density at radius 2 is 2.10 bits per heavy atom. The monoisotopic (exact) mass is 399 g/mol. The lowest BCUT2D eigenvalue weighted by atomic mass is 9.48. The summed E-state index contributed by atoms with van der Waals surface area (Å²) in [4.78, 5) is 2.74. The molecular weight excluding hydrogens is 366 g/mol. The fourth-order valence-electron chi connectivity index (χ4n) is 7.41. The van der Waals surface area contributed by atoms with Crippen molar-refractivity contribution in [3.8, 4) is 11.5 Å². The van der Waals surface area contributed by atoms with Crippen molar-refractivity contribution in [3.63, 3.8) is 0 Å². The number of methoxy groups -OCH3 is 1. The van der Waals surface area contributed by atoms with Gasteiger partial charge in [-0.1, -0.05) is 6.07 Å². The molecule has 1 spiro atoms. The van der Waals surface area contributed by atoms with Crippen molar-refractivity contribution in [3.05, 3.63) is 23.3 Å². The Morgan fingerprint density at radius 3 is 2.79 bits per heavy atom. The van der Waals surface area contributed by atoms with Crippen LogP contribution in [0.2, 0.25) is 0 Å². The van der Waals surface area contributed by atoms with E-state index >= 15 is 0 Å². The third kappa shape index (κ3) is 2.38. The number of phenolic OH excluding ortho intramolecular Hbond substituents is 1. The molecule has 0 radical (unpaired) electrons. The van der Waals surface area contributed by atoms with Crippen LogP contribution in [0.1, 0.15) is 50.7 Å². The van der Waals surface area contributed by atoms with Crippen LogP contribution in [-0.2, 0) is 16.6 Å². The van der Waals surface area contributed by atoms with Gasteiger partial charge in [0, 0.05) is 36.6 Å². The molecule has 2 aliphatic heterocycles. The highest BCUT2D eigenvalue weighted by Crippen LogP contribution is 2.65. The Balaban J connectivity index is 1.52. The number of aromatic hydroxyl groups is 1. The number of rotatable bonds is 4.